The molecule has 1 amide bonds. The van der Waals surface area contributed by atoms with Gasteiger partial charge in [-0.2, -0.15) is 0 Å². The van der Waals surface area contributed by atoms with Crippen LogP contribution in [0.5, 0.6) is 0 Å². The smallest absolute Gasteiger partial charge is 0.444 e. The summed E-state index contributed by atoms with van der Waals surface area (Å²) in [4.78, 5) is 15.0. The highest BCUT2D eigenvalue weighted by atomic mass is 19.1. The summed E-state index contributed by atoms with van der Waals surface area (Å²) in [6.07, 6.45) is 0.152. The van der Waals surface area contributed by atoms with Crippen LogP contribution < -0.4 is 10.8 Å². The first kappa shape index (κ1) is 14.4. The molecule has 1 aromatic rings. The van der Waals surface area contributed by atoms with E-state index in [1.807, 2.05) is 0 Å². The van der Waals surface area contributed by atoms with Crippen molar-refractivity contribution in [2.24, 2.45) is 0 Å². The van der Waals surface area contributed by atoms with Crippen LogP contribution in [0.1, 0.15) is 20.8 Å². The van der Waals surface area contributed by atoms with E-state index in [4.69, 9.17) is 14.8 Å². The van der Waals surface area contributed by atoms with Crippen molar-refractivity contribution in [1.82, 2.24) is 4.98 Å². The number of nitrogens with one attached hydrogen (secondary N) is 1. The Morgan fingerprint density at radius 3 is 2.56 bits per heavy atom. The molecular formula is C10H14BFN2O4. The second-order valence-electron chi connectivity index (χ2n) is 4.59. The summed E-state index contributed by atoms with van der Waals surface area (Å²) < 4.78 is 18.3. The lowest BCUT2D eigenvalue weighted by Crippen LogP contribution is -2.33. The minimum atomic E-state index is -1.95. The number of hydrogen-bond donors (Lipinski definition) is 3. The summed E-state index contributed by atoms with van der Waals surface area (Å²) in [6, 6.07) is 0.874. The molecule has 0 saturated carbocycles. The number of amides is 1. The quantitative estimate of drug-likeness (QED) is 0.659. The molecule has 3 N–H and O–H groups in total. The topological polar surface area (TPSA) is 91.7 Å². The second kappa shape index (κ2) is 5.32. The molecule has 0 aliphatic carbocycles. The molecule has 1 aromatic heterocycles. The maximum atomic E-state index is 13.3. The lowest BCUT2D eigenvalue weighted by atomic mass is 9.81. The summed E-state index contributed by atoms with van der Waals surface area (Å²) in [5.74, 6) is -0.961. The molecule has 0 spiro atoms. The molecule has 18 heavy (non-hydrogen) atoms. The zero-order valence-electron chi connectivity index (χ0n) is 10.3. The fraction of sp³-hybridized carbons (Fsp3) is 0.400. The minimum absolute atomic E-state index is 0.0776. The van der Waals surface area contributed by atoms with Crippen molar-refractivity contribution in [3.05, 3.63) is 18.1 Å². The summed E-state index contributed by atoms with van der Waals surface area (Å²) in [5.41, 5.74) is -1.05. The normalized spacial score (nSPS) is 11.0. The van der Waals surface area contributed by atoms with Gasteiger partial charge < -0.3 is 14.8 Å². The van der Waals surface area contributed by atoms with Gasteiger partial charge in [0.15, 0.2) is 0 Å². The van der Waals surface area contributed by atoms with Crippen molar-refractivity contribution in [2.45, 2.75) is 26.4 Å². The molecule has 8 heteroatoms. The molecule has 1 rings (SSSR count). The zero-order chi connectivity index (χ0) is 13.9. The summed E-state index contributed by atoms with van der Waals surface area (Å²) in [5, 5.41) is 19.8. The van der Waals surface area contributed by atoms with Crippen LogP contribution in [-0.4, -0.2) is 33.8 Å². The third-order valence-electron chi connectivity index (χ3n) is 1.79. The van der Waals surface area contributed by atoms with Crippen LogP contribution in [0, 0.1) is 5.82 Å². The molecule has 0 radical (unpaired) electrons. The monoisotopic (exact) mass is 256 g/mol. The predicted molar refractivity (Wildman–Crippen MR) is 63.9 cm³/mol. The molecule has 0 aliphatic rings. The van der Waals surface area contributed by atoms with Crippen LogP contribution >= 0.6 is 0 Å². The van der Waals surface area contributed by atoms with E-state index in [0.717, 1.165) is 12.3 Å². The second-order valence-corrected chi connectivity index (χ2v) is 4.59. The van der Waals surface area contributed by atoms with Crippen molar-refractivity contribution in [3.8, 4) is 0 Å². The maximum Gasteiger partial charge on any atom is 0.493 e. The van der Waals surface area contributed by atoms with Gasteiger partial charge in [0.1, 0.15) is 17.2 Å². The number of carbonyl (C=O) groups excluding carboxylic acids is 1. The summed E-state index contributed by atoms with van der Waals surface area (Å²) in [6.45, 7) is 5.06. The fourth-order valence-corrected chi connectivity index (χ4v) is 1.11. The third kappa shape index (κ3) is 4.30. The average Bonchev–Trinajstić information content (AvgIpc) is 2.13. The lowest BCUT2D eigenvalue weighted by Gasteiger charge is -2.19. The summed E-state index contributed by atoms with van der Waals surface area (Å²) in [7, 11) is -1.95. The Morgan fingerprint density at radius 1 is 1.50 bits per heavy atom. The van der Waals surface area contributed by atoms with Crippen LogP contribution in [0.3, 0.4) is 0 Å². The highest BCUT2D eigenvalue weighted by Crippen LogP contribution is 2.10. The van der Waals surface area contributed by atoms with E-state index in [1.54, 1.807) is 20.8 Å². The number of rotatable bonds is 2. The molecule has 98 valence electrons. The Balaban J connectivity index is 2.75. The van der Waals surface area contributed by atoms with Crippen LogP contribution in [-0.2, 0) is 4.74 Å². The van der Waals surface area contributed by atoms with Crippen molar-refractivity contribution < 1.29 is 24.0 Å². The number of nitrogens with zero attached hydrogens (tertiary/aromatic N) is 1. The molecule has 0 aliphatic heterocycles. The number of pyridine rings is 1. The first-order valence-electron chi connectivity index (χ1n) is 5.20. The number of ether oxygens (including phenoxy) is 1. The van der Waals surface area contributed by atoms with E-state index in [-0.39, 0.29) is 11.3 Å². The van der Waals surface area contributed by atoms with Crippen LogP contribution in [0.15, 0.2) is 12.3 Å². The molecule has 0 fully saturated rings. The highest BCUT2D eigenvalue weighted by Gasteiger charge is 2.20. The Kier molecular flexibility index (Phi) is 4.26. The van der Waals surface area contributed by atoms with Gasteiger partial charge in [-0.25, -0.2) is 14.2 Å². The molecular weight excluding hydrogens is 242 g/mol. The Morgan fingerprint density at radius 2 is 2.11 bits per heavy atom. The Bertz CT molecular complexity index is 448. The molecule has 0 bridgehead atoms. The molecule has 1 heterocycles. The van der Waals surface area contributed by atoms with Gasteiger partial charge in [-0.3, -0.25) is 5.32 Å². The SMILES string of the molecule is CC(C)(C)OC(=O)Nc1cc(F)c(B(O)O)cn1. The number of anilines is 1. The van der Waals surface area contributed by atoms with E-state index < -0.39 is 24.6 Å². The van der Waals surface area contributed by atoms with E-state index in [0.29, 0.717) is 0 Å². The van der Waals surface area contributed by atoms with Gasteiger partial charge in [0.25, 0.3) is 0 Å². The standard InChI is InChI=1S/C10H14BFN2O4/c1-10(2,3)18-9(15)14-8-4-7(12)6(5-13-8)11(16)17/h4-5,16-17H,1-3H3,(H,13,14,15). The Labute approximate surface area is 104 Å². The van der Waals surface area contributed by atoms with E-state index in [1.165, 1.54) is 0 Å². The van der Waals surface area contributed by atoms with Crippen molar-refractivity contribution >= 4 is 24.5 Å². The predicted octanol–water partition coefficient (Wildman–Crippen LogP) is 0.247. The number of aromatic nitrogens is 1. The molecule has 0 saturated heterocycles. The van der Waals surface area contributed by atoms with Crippen molar-refractivity contribution in [2.75, 3.05) is 5.32 Å². The largest absolute Gasteiger partial charge is 0.493 e. The lowest BCUT2D eigenvalue weighted by molar-refractivity contribution is 0.0635. The maximum absolute atomic E-state index is 13.3. The van der Waals surface area contributed by atoms with E-state index >= 15 is 0 Å². The number of carbonyl (C=O) groups is 1. The van der Waals surface area contributed by atoms with Gasteiger partial charge in [0.05, 0.1) is 0 Å². The summed E-state index contributed by atoms with van der Waals surface area (Å²) >= 11 is 0. The van der Waals surface area contributed by atoms with Crippen LogP contribution in [0.25, 0.3) is 0 Å². The Hall–Kier alpha value is -1.67. The van der Waals surface area contributed by atoms with Crippen LogP contribution in [0.2, 0.25) is 0 Å². The van der Waals surface area contributed by atoms with E-state index in [2.05, 4.69) is 10.3 Å². The minimum Gasteiger partial charge on any atom is -0.444 e. The molecule has 0 aromatic carbocycles. The first-order valence-corrected chi connectivity index (χ1v) is 5.20. The zero-order valence-corrected chi connectivity index (χ0v) is 10.3. The van der Waals surface area contributed by atoms with Gasteiger partial charge in [-0.15, -0.1) is 0 Å². The average molecular weight is 256 g/mol. The van der Waals surface area contributed by atoms with Gasteiger partial charge in [-0.05, 0) is 20.8 Å². The van der Waals surface area contributed by atoms with Gasteiger partial charge in [0.2, 0.25) is 0 Å². The molecule has 6 nitrogen and oxygen atoms in total. The first-order chi connectivity index (χ1) is 8.19. The third-order valence-corrected chi connectivity index (χ3v) is 1.79. The van der Waals surface area contributed by atoms with Gasteiger partial charge in [0, 0.05) is 17.7 Å². The van der Waals surface area contributed by atoms with E-state index in [9.17, 15) is 9.18 Å². The number of halogens is 1. The molecule has 0 unspecified atom stereocenters. The number of hydrogen-bond acceptors (Lipinski definition) is 5. The van der Waals surface area contributed by atoms with Crippen LogP contribution in [0.4, 0.5) is 15.0 Å². The van der Waals surface area contributed by atoms with Gasteiger partial charge in [-0.1, -0.05) is 0 Å². The van der Waals surface area contributed by atoms with Gasteiger partial charge >= 0.3 is 13.2 Å². The van der Waals surface area contributed by atoms with Crippen molar-refractivity contribution in [3.63, 3.8) is 0 Å². The highest BCUT2D eigenvalue weighted by molar-refractivity contribution is 6.58. The molecule has 0 atom stereocenters. The van der Waals surface area contributed by atoms with Crippen molar-refractivity contribution in [1.29, 1.82) is 0 Å². The fourth-order valence-electron chi connectivity index (χ4n) is 1.11.